The zero-order chi connectivity index (χ0) is 19.2. The predicted octanol–water partition coefficient (Wildman–Crippen LogP) is 3.26. The summed E-state index contributed by atoms with van der Waals surface area (Å²) in [6.45, 7) is 3.30. The van der Waals surface area contributed by atoms with E-state index in [-0.39, 0.29) is 17.6 Å². The molecule has 0 fully saturated rings. The van der Waals surface area contributed by atoms with Crippen molar-refractivity contribution in [2.24, 2.45) is 0 Å². The quantitative estimate of drug-likeness (QED) is 0.640. The first kappa shape index (κ1) is 18.7. The number of para-hydroxylation sites is 1. The lowest BCUT2D eigenvalue weighted by atomic mass is 10.2. The largest absolute Gasteiger partial charge is 0.326 e. The van der Waals surface area contributed by atoms with E-state index in [0.717, 1.165) is 11.4 Å². The molecule has 138 valence electrons. The second-order valence-electron chi connectivity index (χ2n) is 5.80. The number of nitrogens with zero attached hydrogens (tertiary/aromatic N) is 3. The SMILES string of the molecule is CC(=O)Nc1cccc(-n2c(C)nnc2SCC(=O)Nc2ccccc2)c1. The van der Waals surface area contributed by atoms with E-state index >= 15 is 0 Å². The van der Waals surface area contributed by atoms with Crippen molar-refractivity contribution in [1.82, 2.24) is 14.8 Å². The fourth-order valence-corrected chi connectivity index (χ4v) is 3.31. The van der Waals surface area contributed by atoms with Crippen LogP contribution in [0.15, 0.2) is 59.8 Å². The van der Waals surface area contributed by atoms with Crippen molar-refractivity contribution in [2.45, 2.75) is 19.0 Å². The third-order valence-corrected chi connectivity index (χ3v) is 4.54. The van der Waals surface area contributed by atoms with Crippen LogP contribution >= 0.6 is 11.8 Å². The molecule has 0 saturated carbocycles. The van der Waals surface area contributed by atoms with Crippen LogP contribution in [0.1, 0.15) is 12.7 Å². The summed E-state index contributed by atoms with van der Waals surface area (Å²) in [4.78, 5) is 23.5. The molecule has 7 nitrogen and oxygen atoms in total. The molecule has 0 aliphatic heterocycles. The van der Waals surface area contributed by atoms with E-state index in [9.17, 15) is 9.59 Å². The molecule has 0 saturated heterocycles. The minimum absolute atomic E-state index is 0.120. The van der Waals surface area contributed by atoms with Crippen molar-refractivity contribution in [3.8, 4) is 5.69 Å². The topological polar surface area (TPSA) is 88.9 Å². The molecule has 3 rings (SSSR count). The van der Waals surface area contributed by atoms with Crippen molar-refractivity contribution in [3.05, 3.63) is 60.4 Å². The van der Waals surface area contributed by atoms with Gasteiger partial charge in [-0.1, -0.05) is 36.0 Å². The summed E-state index contributed by atoms with van der Waals surface area (Å²) in [6.07, 6.45) is 0. The first-order valence-corrected chi connectivity index (χ1v) is 9.29. The summed E-state index contributed by atoms with van der Waals surface area (Å²) < 4.78 is 1.85. The van der Waals surface area contributed by atoms with Crippen LogP contribution < -0.4 is 10.6 Å². The minimum Gasteiger partial charge on any atom is -0.326 e. The first-order valence-electron chi connectivity index (χ1n) is 8.30. The molecule has 2 N–H and O–H groups in total. The van der Waals surface area contributed by atoms with Crippen LogP contribution in [0.3, 0.4) is 0 Å². The van der Waals surface area contributed by atoms with Gasteiger partial charge in [-0.05, 0) is 37.3 Å². The van der Waals surface area contributed by atoms with Crippen LogP contribution in [0.4, 0.5) is 11.4 Å². The lowest BCUT2D eigenvalue weighted by Crippen LogP contribution is -2.14. The average Bonchev–Trinajstić information content (AvgIpc) is 3.01. The van der Waals surface area contributed by atoms with Crippen LogP contribution in [0, 0.1) is 6.92 Å². The molecule has 1 aromatic heterocycles. The number of hydrogen-bond donors (Lipinski definition) is 2. The number of rotatable bonds is 6. The Bertz CT molecular complexity index is 956. The van der Waals surface area contributed by atoms with Crippen LogP contribution in [0.2, 0.25) is 0 Å². The average molecular weight is 381 g/mol. The molecule has 27 heavy (non-hydrogen) atoms. The molecule has 0 aliphatic rings. The number of aryl methyl sites for hydroxylation is 1. The lowest BCUT2D eigenvalue weighted by Gasteiger charge is -2.10. The minimum atomic E-state index is -0.139. The normalized spacial score (nSPS) is 10.4. The number of carbonyl (C=O) groups excluding carboxylic acids is 2. The fraction of sp³-hybridized carbons (Fsp3) is 0.158. The number of carbonyl (C=O) groups is 2. The molecule has 0 spiro atoms. The number of aromatic nitrogens is 3. The highest BCUT2D eigenvalue weighted by Crippen LogP contribution is 2.24. The van der Waals surface area contributed by atoms with Crippen LogP contribution in [-0.2, 0) is 9.59 Å². The highest BCUT2D eigenvalue weighted by Gasteiger charge is 2.14. The van der Waals surface area contributed by atoms with Gasteiger partial charge in [0.05, 0.1) is 11.4 Å². The second kappa shape index (κ2) is 8.50. The van der Waals surface area contributed by atoms with Crippen molar-refractivity contribution in [3.63, 3.8) is 0 Å². The van der Waals surface area contributed by atoms with Gasteiger partial charge >= 0.3 is 0 Å². The zero-order valence-electron chi connectivity index (χ0n) is 15.0. The van der Waals surface area contributed by atoms with Crippen LogP contribution in [-0.4, -0.2) is 32.3 Å². The van der Waals surface area contributed by atoms with Crippen molar-refractivity contribution < 1.29 is 9.59 Å². The highest BCUT2D eigenvalue weighted by atomic mass is 32.2. The Morgan fingerprint density at radius 1 is 1.00 bits per heavy atom. The van der Waals surface area contributed by atoms with E-state index in [1.165, 1.54) is 18.7 Å². The van der Waals surface area contributed by atoms with Gasteiger partial charge in [0.25, 0.3) is 0 Å². The van der Waals surface area contributed by atoms with Crippen molar-refractivity contribution in [1.29, 1.82) is 0 Å². The van der Waals surface area contributed by atoms with Gasteiger partial charge in [0.1, 0.15) is 5.82 Å². The second-order valence-corrected chi connectivity index (χ2v) is 6.74. The third-order valence-electron chi connectivity index (χ3n) is 3.61. The van der Waals surface area contributed by atoms with Gasteiger partial charge in [-0.3, -0.25) is 14.2 Å². The Labute approximate surface area is 161 Å². The molecule has 8 heteroatoms. The van der Waals surface area contributed by atoms with Crippen LogP contribution in [0.25, 0.3) is 5.69 Å². The molecular weight excluding hydrogens is 362 g/mol. The molecule has 0 bridgehead atoms. The molecule has 2 aromatic carbocycles. The summed E-state index contributed by atoms with van der Waals surface area (Å²) in [6, 6.07) is 16.7. The smallest absolute Gasteiger partial charge is 0.234 e. The molecule has 0 aliphatic carbocycles. The maximum Gasteiger partial charge on any atom is 0.234 e. The molecule has 0 atom stereocenters. The fourth-order valence-electron chi connectivity index (χ4n) is 2.51. The van der Waals surface area contributed by atoms with Gasteiger partial charge in [0.15, 0.2) is 5.16 Å². The summed E-state index contributed by atoms with van der Waals surface area (Å²) in [5.41, 5.74) is 2.25. The van der Waals surface area contributed by atoms with E-state index in [1.54, 1.807) is 0 Å². The maximum atomic E-state index is 12.2. The van der Waals surface area contributed by atoms with Crippen molar-refractivity contribution >= 4 is 35.0 Å². The van der Waals surface area contributed by atoms with E-state index in [4.69, 9.17) is 0 Å². The number of benzene rings is 2. The van der Waals surface area contributed by atoms with Crippen LogP contribution in [0.5, 0.6) is 0 Å². The Morgan fingerprint density at radius 3 is 2.48 bits per heavy atom. The van der Waals surface area contributed by atoms with Gasteiger partial charge in [-0.2, -0.15) is 0 Å². The summed E-state index contributed by atoms with van der Waals surface area (Å²) >= 11 is 1.30. The summed E-state index contributed by atoms with van der Waals surface area (Å²) in [7, 11) is 0. The summed E-state index contributed by atoms with van der Waals surface area (Å²) in [5, 5.41) is 14.5. The molecule has 2 amide bonds. The molecule has 0 unspecified atom stereocenters. The van der Waals surface area contributed by atoms with Gasteiger partial charge in [-0.25, -0.2) is 0 Å². The maximum absolute atomic E-state index is 12.2. The van der Waals surface area contributed by atoms with E-state index < -0.39 is 0 Å². The Balaban J connectivity index is 1.73. The number of hydrogen-bond acceptors (Lipinski definition) is 5. The molecule has 3 aromatic rings. The standard InChI is InChI=1S/C19H19N5O2S/c1-13-22-23-19(27-12-18(26)21-15-7-4-3-5-8-15)24(13)17-10-6-9-16(11-17)20-14(2)25/h3-11H,12H2,1-2H3,(H,20,25)(H,21,26). The lowest BCUT2D eigenvalue weighted by molar-refractivity contribution is -0.114. The van der Waals surface area contributed by atoms with Gasteiger partial charge in [-0.15, -0.1) is 10.2 Å². The Hall–Kier alpha value is -3.13. The molecular formula is C19H19N5O2S. The van der Waals surface area contributed by atoms with Gasteiger partial charge < -0.3 is 10.6 Å². The predicted molar refractivity (Wildman–Crippen MR) is 106 cm³/mol. The first-order chi connectivity index (χ1) is 13.0. The summed E-state index contributed by atoms with van der Waals surface area (Å²) in [5.74, 6) is 0.643. The Kier molecular flexibility index (Phi) is 5.87. The molecule has 1 heterocycles. The number of nitrogens with one attached hydrogen (secondary N) is 2. The Morgan fingerprint density at radius 2 is 1.74 bits per heavy atom. The number of anilines is 2. The van der Waals surface area contributed by atoms with E-state index in [2.05, 4.69) is 20.8 Å². The van der Waals surface area contributed by atoms with Gasteiger partial charge in [0.2, 0.25) is 11.8 Å². The third kappa shape index (κ3) is 4.95. The van der Waals surface area contributed by atoms with E-state index in [0.29, 0.717) is 16.7 Å². The number of amides is 2. The number of thioether (sulfide) groups is 1. The monoisotopic (exact) mass is 381 g/mol. The zero-order valence-corrected chi connectivity index (χ0v) is 15.8. The highest BCUT2D eigenvalue weighted by molar-refractivity contribution is 7.99. The molecule has 0 radical (unpaired) electrons. The van der Waals surface area contributed by atoms with Crippen molar-refractivity contribution in [2.75, 3.05) is 16.4 Å². The van der Waals surface area contributed by atoms with Gasteiger partial charge in [0, 0.05) is 18.3 Å². The van der Waals surface area contributed by atoms with E-state index in [1.807, 2.05) is 66.1 Å².